The van der Waals surface area contributed by atoms with Crippen molar-refractivity contribution >= 4 is 22.8 Å². The highest BCUT2D eigenvalue weighted by molar-refractivity contribution is 5.99. The molecule has 4 aromatic rings. The highest BCUT2D eigenvalue weighted by atomic mass is 16.5. The van der Waals surface area contributed by atoms with Crippen LogP contribution in [-0.4, -0.2) is 52.8 Å². The van der Waals surface area contributed by atoms with Crippen LogP contribution in [0.15, 0.2) is 66.7 Å². The van der Waals surface area contributed by atoms with Gasteiger partial charge in [-0.1, -0.05) is 73.9 Å². The van der Waals surface area contributed by atoms with Gasteiger partial charge in [-0.15, -0.1) is 0 Å². The van der Waals surface area contributed by atoms with Crippen molar-refractivity contribution in [3.8, 4) is 22.4 Å². The van der Waals surface area contributed by atoms with Gasteiger partial charge in [-0.05, 0) is 65.6 Å². The average molecular weight is 537 g/mol. The number of aryl methyl sites for hydroxylation is 1. The maximum absolute atomic E-state index is 13.6. The van der Waals surface area contributed by atoms with Gasteiger partial charge in [0.1, 0.15) is 6.54 Å². The van der Waals surface area contributed by atoms with E-state index in [-0.39, 0.29) is 18.0 Å². The van der Waals surface area contributed by atoms with Gasteiger partial charge < -0.3 is 19.3 Å². The molecule has 0 radical (unpaired) electrons. The second-order valence-electron chi connectivity index (χ2n) is 11.1. The zero-order chi connectivity index (χ0) is 27.6. The summed E-state index contributed by atoms with van der Waals surface area (Å²) in [4.78, 5) is 27.5. The molecule has 0 spiro atoms. The van der Waals surface area contributed by atoms with Gasteiger partial charge in [-0.3, -0.25) is 4.79 Å². The number of fused-ring (bicyclic) bond motifs is 1. The Morgan fingerprint density at radius 2 is 1.60 bits per heavy atom. The number of carbonyl (C=O) groups is 2. The fourth-order valence-electron chi connectivity index (χ4n) is 6.54. The highest BCUT2D eigenvalue weighted by Gasteiger charge is 2.29. The van der Waals surface area contributed by atoms with E-state index in [0.29, 0.717) is 32.2 Å². The smallest absolute Gasteiger partial charge is 0.335 e. The first-order valence-electron chi connectivity index (χ1n) is 14.4. The molecule has 1 saturated carbocycles. The first-order chi connectivity index (χ1) is 19.5. The molecule has 0 atom stereocenters. The molecule has 1 amide bonds. The van der Waals surface area contributed by atoms with E-state index in [1.807, 2.05) is 11.0 Å². The number of amides is 1. The minimum Gasteiger partial charge on any atom is -0.478 e. The minimum atomic E-state index is -0.961. The van der Waals surface area contributed by atoms with Crippen molar-refractivity contribution in [2.75, 3.05) is 26.3 Å². The average Bonchev–Trinajstić information content (AvgIpc) is 3.31. The number of carbonyl (C=O) groups excluding carboxylic acids is 1. The second-order valence-corrected chi connectivity index (χ2v) is 11.1. The summed E-state index contributed by atoms with van der Waals surface area (Å²) < 4.78 is 7.57. The number of aromatic carboxylic acids is 1. The molecule has 1 aromatic heterocycles. The molecule has 2 fully saturated rings. The fourth-order valence-corrected chi connectivity index (χ4v) is 6.54. The summed E-state index contributed by atoms with van der Waals surface area (Å²) in [5.41, 5.74) is 8.00. The van der Waals surface area contributed by atoms with E-state index >= 15 is 0 Å². The number of benzene rings is 3. The Morgan fingerprint density at radius 1 is 0.900 bits per heavy atom. The number of rotatable bonds is 6. The minimum absolute atomic E-state index is 0.0360. The van der Waals surface area contributed by atoms with Crippen LogP contribution in [0.4, 0.5) is 0 Å². The van der Waals surface area contributed by atoms with Crippen molar-refractivity contribution in [2.24, 2.45) is 0 Å². The third-order valence-corrected chi connectivity index (χ3v) is 8.64. The van der Waals surface area contributed by atoms with Crippen molar-refractivity contribution in [2.45, 2.75) is 51.5 Å². The first-order valence-corrected chi connectivity index (χ1v) is 14.4. The van der Waals surface area contributed by atoms with Crippen molar-refractivity contribution < 1.29 is 19.4 Å². The largest absolute Gasteiger partial charge is 0.478 e. The van der Waals surface area contributed by atoms with Crippen molar-refractivity contribution in [3.63, 3.8) is 0 Å². The Hall–Kier alpha value is -3.90. The molecular weight excluding hydrogens is 500 g/mol. The number of nitrogens with zero attached hydrogens (tertiary/aromatic N) is 2. The van der Waals surface area contributed by atoms with Crippen LogP contribution in [0.2, 0.25) is 0 Å². The van der Waals surface area contributed by atoms with Crippen LogP contribution < -0.4 is 0 Å². The standard InChI is InChI=1S/C34H36N2O4/c1-23-7-5-6-10-28(23)24-11-13-26(14-12-24)33-32(25-8-3-2-4-9-25)29-16-15-27(34(38)39)21-30(29)36(33)22-31(37)35-17-19-40-20-18-35/h5-7,10-16,21,25H,2-4,8-9,17-20,22H2,1H3,(H,38,39). The quantitative estimate of drug-likeness (QED) is 0.291. The Labute approximate surface area is 235 Å². The molecule has 6 rings (SSSR count). The Balaban J connectivity index is 1.53. The second kappa shape index (κ2) is 11.3. The molecular formula is C34H36N2O4. The van der Waals surface area contributed by atoms with Crippen LogP contribution in [0.25, 0.3) is 33.3 Å². The monoisotopic (exact) mass is 536 g/mol. The van der Waals surface area contributed by atoms with Gasteiger partial charge in [0.25, 0.3) is 0 Å². The van der Waals surface area contributed by atoms with E-state index < -0.39 is 5.97 Å². The summed E-state index contributed by atoms with van der Waals surface area (Å²) in [6, 6.07) is 22.5. The number of hydrogen-bond donors (Lipinski definition) is 1. The van der Waals surface area contributed by atoms with Crippen LogP contribution >= 0.6 is 0 Å². The fraction of sp³-hybridized carbons (Fsp3) is 0.353. The number of aromatic nitrogens is 1. The van der Waals surface area contributed by atoms with E-state index in [1.165, 1.54) is 36.0 Å². The molecule has 2 heterocycles. The summed E-state index contributed by atoms with van der Waals surface area (Å²) in [6.45, 7) is 4.53. The topological polar surface area (TPSA) is 71.8 Å². The van der Waals surface area contributed by atoms with Crippen LogP contribution in [0.3, 0.4) is 0 Å². The number of ether oxygens (including phenoxy) is 1. The molecule has 0 unspecified atom stereocenters. The van der Waals surface area contributed by atoms with Gasteiger partial charge in [-0.25, -0.2) is 4.79 Å². The van der Waals surface area contributed by atoms with Gasteiger partial charge in [-0.2, -0.15) is 0 Å². The molecule has 40 heavy (non-hydrogen) atoms. The van der Waals surface area contributed by atoms with Crippen LogP contribution in [0.5, 0.6) is 0 Å². The molecule has 6 heteroatoms. The molecule has 2 aliphatic rings. The summed E-state index contributed by atoms with van der Waals surface area (Å²) in [6.07, 6.45) is 5.82. The van der Waals surface area contributed by atoms with E-state index in [4.69, 9.17) is 4.74 Å². The summed E-state index contributed by atoms with van der Waals surface area (Å²) >= 11 is 0. The predicted molar refractivity (Wildman–Crippen MR) is 158 cm³/mol. The number of carboxylic acid groups (broad SMARTS) is 1. The van der Waals surface area contributed by atoms with E-state index in [2.05, 4.69) is 60.0 Å². The molecule has 206 valence electrons. The van der Waals surface area contributed by atoms with Gasteiger partial charge in [0.15, 0.2) is 0 Å². The Bertz CT molecular complexity index is 1540. The molecule has 1 N–H and O–H groups in total. The summed E-state index contributed by atoms with van der Waals surface area (Å²) in [7, 11) is 0. The Kier molecular flexibility index (Phi) is 7.44. The van der Waals surface area contributed by atoms with Crippen LogP contribution in [0, 0.1) is 6.92 Å². The molecule has 3 aromatic carbocycles. The molecule has 1 aliphatic carbocycles. The van der Waals surface area contributed by atoms with Crippen molar-refractivity contribution in [3.05, 3.63) is 83.4 Å². The van der Waals surface area contributed by atoms with Gasteiger partial charge in [0.2, 0.25) is 5.91 Å². The third kappa shape index (κ3) is 5.04. The normalized spacial score (nSPS) is 16.4. The molecule has 6 nitrogen and oxygen atoms in total. The van der Waals surface area contributed by atoms with E-state index in [9.17, 15) is 14.7 Å². The Morgan fingerprint density at radius 3 is 2.30 bits per heavy atom. The maximum Gasteiger partial charge on any atom is 0.335 e. The maximum atomic E-state index is 13.6. The summed E-state index contributed by atoms with van der Waals surface area (Å²) in [5, 5.41) is 10.9. The van der Waals surface area contributed by atoms with Crippen LogP contribution in [0.1, 0.15) is 59.5 Å². The number of carboxylic acids is 1. The van der Waals surface area contributed by atoms with Crippen LogP contribution in [-0.2, 0) is 16.1 Å². The predicted octanol–water partition coefficient (Wildman–Crippen LogP) is 6.89. The third-order valence-electron chi connectivity index (χ3n) is 8.64. The molecule has 1 aliphatic heterocycles. The van der Waals surface area contributed by atoms with Gasteiger partial charge >= 0.3 is 5.97 Å². The lowest BCUT2D eigenvalue weighted by Crippen LogP contribution is -2.42. The zero-order valence-corrected chi connectivity index (χ0v) is 23.1. The van der Waals surface area contributed by atoms with Crippen molar-refractivity contribution in [1.82, 2.24) is 9.47 Å². The SMILES string of the molecule is Cc1ccccc1-c1ccc(-c2c(C3CCCCC3)c3ccc(C(=O)O)cc3n2CC(=O)N2CCOCC2)cc1. The lowest BCUT2D eigenvalue weighted by atomic mass is 9.81. The molecule has 1 saturated heterocycles. The highest BCUT2D eigenvalue weighted by Crippen LogP contribution is 2.44. The van der Waals surface area contributed by atoms with E-state index in [1.54, 1.807) is 12.1 Å². The first kappa shape index (κ1) is 26.3. The number of morpholine rings is 1. The van der Waals surface area contributed by atoms with Gasteiger partial charge in [0.05, 0.1) is 30.0 Å². The van der Waals surface area contributed by atoms with Crippen molar-refractivity contribution in [1.29, 1.82) is 0 Å². The summed E-state index contributed by atoms with van der Waals surface area (Å²) in [5.74, 6) is -0.552. The molecule has 0 bridgehead atoms. The lowest BCUT2D eigenvalue weighted by molar-refractivity contribution is -0.135. The van der Waals surface area contributed by atoms with Gasteiger partial charge in [0, 0.05) is 18.5 Å². The van der Waals surface area contributed by atoms with E-state index in [0.717, 1.165) is 40.6 Å². The number of hydrogen-bond acceptors (Lipinski definition) is 3. The zero-order valence-electron chi connectivity index (χ0n) is 23.1. The lowest BCUT2D eigenvalue weighted by Gasteiger charge is -2.28.